The lowest BCUT2D eigenvalue weighted by Gasteiger charge is -2.38. The molecule has 2 unspecified atom stereocenters. The Labute approximate surface area is 106 Å². The van der Waals surface area contributed by atoms with E-state index in [0.717, 1.165) is 5.82 Å². The summed E-state index contributed by atoms with van der Waals surface area (Å²) in [5.41, 5.74) is 2.53. The van der Waals surface area contributed by atoms with Gasteiger partial charge >= 0.3 is 0 Å². The average molecular weight is 253 g/mol. The van der Waals surface area contributed by atoms with E-state index in [4.69, 9.17) is 10.6 Å². The summed E-state index contributed by atoms with van der Waals surface area (Å²) in [6.45, 7) is 5.06. The molecule has 1 aromatic rings. The molecule has 1 saturated heterocycles. The highest BCUT2D eigenvalue weighted by molar-refractivity contribution is 5.49. The Kier molecular flexibility index (Phi) is 3.95. The molecule has 0 aliphatic carbocycles. The molecule has 2 rings (SSSR count). The lowest BCUT2D eigenvalue weighted by molar-refractivity contribution is -0.0105. The molecule has 0 aromatic carbocycles. The van der Waals surface area contributed by atoms with Crippen molar-refractivity contribution < 1.29 is 9.84 Å². The second-order valence-electron chi connectivity index (χ2n) is 4.44. The third-order valence-electron chi connectivity index (χ3n) is 2.98. The van der Waals surface area contributed by atoms with Crippen LogP contribution >= 0.6 is 0 Å². The molecule has 1 aromatic heterocycles. The molecule has 18 heavy (non-hydrogen) atoms. The van der Waals surface area contributed by atoms with Gasteiger partial charge in [-0.25, -0.2) is 15.8 Å². The van der Waals surface area contributed by atoms with Crippen molar-refractivity contribution in [3.05, 3.63) is 11.9 Å². The maximum absolute atomic E-state index is 9.18. The van der Waals surface area contributed by atoms with Crippen molar-refractivity contribution in [3.8, 4) is 0 Å². The predicted octanol–water partition coefficient (Wildman–Crippen LogP) is -0.343. The number of hydrazine groups is 1. The van der Waals surface area contributed by atoms with E-state index in [-0.39, 0.29) is 18.8 Å². The molecule has 0 radical (unpaired) electrons. The summed E-state index contributed by atoms with van der Waals surface area (Å²) in [5, 5.41) is 9.18. The van der Waals surface area contributed by atoms with Crippen molar-refractivity contribution in [2.45, 2.75) is 26.0 Å². The van der Waals surface area contributed by atoms with E-state index in [1.165, 1.54) is 0 Å². The first-order valence-electron chi connectivity index (χ1n) is 5.95. The number of hydrogen-bond donors (Lipinski definition) is 3. The molecule has 1 aliphatic heterocycles. The first kappa shape index (κ1) is 13.0. The molecule has 0 bridgehead atoms. The maximum atomic E-state index is 9.18. The van der Waals surface area contributed by atoms with Crippen molar-refractivity contribution in [2.75, 3.05) is 30.1 Å². The Balaban J connectivity index is 2.25. The van der Waals surface area contributed by atoms with Crippen molar-refractivity contribution in [1.82, 2.24) is 9.97 Å². The van der Waals surface area contributed by atoms with Crippen LogP contribution < -0.4 is 16.2 Å². The Morgan fingerprint density at radius 1 is 1.61 bits per heavy atom. The maximum Gasteiger partial charge on any atom is 0.145 e. The van der Waals surface area contributed by atoms with Gasteiger partial charge in [0, 0.05) is 12.6 Å². The number of morpholine rings is 1. The van der Waals surface area contributed by atoms with Gasteiger partial charge in [0.15, 0.2) is 0 Å². The summed E-state index contributed by atoms with van der Waals surface area (Å²) in [6.07, 6.45) is -0.175. The Morgan fingerprint density at radius 3 is 3.06 bits per heavy atom. The fourth-order valence-electron chi connectivity index (χ4n) is 2.02. The van der Waals surface area contributed by atoms with Gasteiger partial charge in [0.05, 0.1) is 25.4 Å². The van der Waals surface area contributed by atoms with Gasteiger partial charge in [0.25, 0.3) is 0 Å². The molecule has 0 saturated carbocycles. The molecule has 1 aliphatic rings. The smallest absolute Gasteiger partial charge is 0.145 e. The standard InChI is InChI=1S/C11H19N5O2/c1-7-6-18-9(5-17)4-16(7)11-3-10(15-12)13-8(2)14-11/h3,7,9,17H,4-6,12H2,1-2H3,(H,13,14,15). The van der Waals surface area contributed by atoms with Crippen LogP contribution in [0, 0.1) is 6.92 Å². The zero-order valence-electron chi connectivity index (χ0n) is 10.6. The van der Waals surface area contributed by atoms with Gasteiger partial charge in [-0.2, -0.15) is 0 Å². The zero-order valence-corrected chi connectivity index (χ0v) is 10.6. The number of nitrogen functional groups attached to an aromatic ring is 1. The van der Waals surface area contributed by atoms with Crippen LogP contribution in [-0.2, 0) is 4.74 Å². The largest absolute Gasteiger partial charge is 0.394 e. The molecule has 2 atom stereocenters. The Morgan fingerprint density at radius 2 is 2.39 bits per heavy atom. The van der Waals surface area contributed by atoms with Crippen LogP contribution in [0.25, 0.3) is 0 Å². The summed E-state index contributed by atoms with van der Waals surface area (Å²) >= 11 is 0. The van der Waals surface area contributed by atoms with Crippen LogP contribution in [-0.4, -0.2) is 47.0 Å². The number of aromatic nitrogens is 2. The lowest BCUT2D eigenvalue weighted by atomic mass is 10.2. The van der Waals surface area contributed by atoms with E-state index in [9.17, 15) is 5.11 Å². The Bertz CT molecular complexity index is 414. The highest BCUT2D eigenvalue weighted by atomic mass is 16.5. The van der Waals surface area contributed by atoms with Crippen LogP contribution in [0.15, 0.2) is 6.07 Å². The number of nitrogens with zero attached hydrogens (tertiary/aromatic N) is 3. The number of ether oxygens (including phenoxy) is 1. The van der Waals surface area contributed by atoms with E-state index in [2.05, 4.69) is 27.2 Å². The van der Waals surface area contributed by atoms with E-state index in [1.54, 1.807) is 6.07 Å². The van der Waals surface area contributed by atoms with Gasteiger partial charge in [0.1, 0.15) is 17.5 Å². The molecule has 0 spiro atoms. The second kappa shape index (κ2) is 5.47. The second-order valence-corrected chi connectivity index (χ2v) is 4.44. The topological polar surface area (TPSA) is 96.5 Å². The van der Waals surface area contributed by atoms with Gasteiger partial charge in [-0.1, -0.05) is 0 Å². The monoisotopic (exact) mass is 253 g/mol. The molecule has 7 heteroatoms. The first-order chi connectivity index (χ1) is 8.63. The first-order valence-corrected chi connectivity index (χ1v) is 5.95. The van der Waals surface area contributed by atoms with Crippen LogP contribution in [0.4, 0.5) is 11.6 Å². The van der Waals surface area contributed by atoms with E-state index < -0.39 is 0 Å². The van der Waals surface area contributed by atoms with Crippen LogP contribution in [0.3, 0.4) is 0 Å². The lowest BCUT2D eigenvalue weighted by Crippen LogP contribution is -2.50. The number of aliphatic hydroxyl groups is 1. The Hall–Kier alpha value is -1.44. The fraction of sp³-hybridized carbons (Fsp3) is 0.636. The number of aliphatic hydroxyl groups excluding tert-OH is 1. The zero-order chi connectivity index (χ0) is 13.1. The van der Waals surface area contributed by atoms with Crippen molar-refractivity contribution in [2.24, 2.45) is 5.84 Å². The summed E-state index contributed by atoms with van der Waals surface area (Å²) in [4.78, 5) is 10.7. The van der Waals surface area contributed by atoms with Gasteiger partial charge in [0.2, 0.25) is 0 Å². The quantitative estimate of drug-likeness (QED) is 0.500. The SMILES string of the molecule is Cc1nc(NN)cc(N2CC(CO)OCC2C)n1. The normalized spacial score (nSPS) is 24.1. The van der Waals surface area contributed by atoms with Crippen LogP contribution in [0.1, 0.15) is 12.7 Å². The average Bonchev–Trinajstić information content (AvgIpc) is 2.38. The summed E-state index contributed by atoms with van der Waals surface area (Å²) < 4.78 is 5.50. The van der Waals surface area contributed by atoms with Crippen molar-refractivity contribution >= 4 is 11.6 Å². The molecule has 1 fully saturated rings. The van der Waals surface area contributed by atoms with Gasteiger partial charge < -0.3 is 20.2 Å². The molecule has 0 amide bonds. The van der Waals surface area contributed by atoms with Crippen LogP contribution in [0.5, 0.6) is 0 Å². The summed E-state index contributed by atoms with van der Waals surface area (Å²) in [6, 6.07) is 2.00. The molecule has 7 nitrogen and oxygen atoms in total. The van der Waals surface area contributed by atoms with Gasteiger partial charge in [-0.05, 0) is 13.8 Å². The highest BCUT2D eigenvalue weighted by Crippen LogP contribution is 2.21. The number of anilines is 2. The number of nitrogens with two attached hydrogens (primary N) is 1. The van der Waals surface area contributed by atoms with E-state index in [0.29, 0.717) is 24.8 Å². The van der Waals surface area contributed by atoms with Gasteiger partial charge in [-0.15, -0.1) is 0 Å². The highest BCUT2D eigenvalue weighted by Gasteiger charge is 2.27. The molecular formula is C11H19N5O2. The van der Waals surface area contributed by atoms with Crippen molar-refractivity contribution in [3.63, 3.8) is 0 Å². The predicted molar refractivity (Wildman–Crippen MR) is 68.2 cm³/mol. The minimum atomic E-state index is -0.175. The van der Waals surface area contributed by atoms with Crippen molar-refractivity contribution in [1.29, 1.82) is 0 Å². The minimum Gasteiger partial charge on any atom is -0.394 e. The third-order valence-corrected chi connectivity index (χ3v) is 2.98. The third kappa shape index (κ3) is 2.69. The number of hydrogen-bond acceptors (Lipinski definition) is 7. The molecular weight excluding hydrogens is 234 g/mol. The van der Waals surface area contributed by atoms with E-state index >= 15 is 0 Å². The van der Waals surface area contributed by atoms with E-state index in [1.807, 2.05) is 6.92 Å². The van der Waals surface area contributed by atoms with Gasteiger partial charge in [-0.3, -0.25) is 0 Å². The molecule has 4 N–H and O–H groups in total. The summed E-state index contributed by atoms with van der Waals surface area (Å²) in [5.74, 6) is 7.41. The van der Waals surface area contributed by atoms with Crippen LogP contribution in [0.2, 0.25) is 0 Å². The summed E-state index contributed by atoms with van der Waals surface area (Å²) in [7, 11) is 0. The molecule has 2 heterocycles. The minimum absolute atomic E-state index is 0.00921. The number of rotatable bonds is 3. The number of nitrogens with one attached hydrogen (secondary N) is 1. The molecule has 100 valence electrons. The number of aryl methyl sites for hydroxylation is 1. The fourth-order valence-corrected chi connectivity index (χ4v) is 2.02.